The van der Waals surface area contributed by atoms with Gasteiger partial charge in [0.2, 0.25) is 5.82 Å². The Morgan fingerprint density at radius 1 is 1.62 bits per heavy atom. The Hall–Kier alpha value is -1.56. The number of aromatic nitrogens is 3. The summed E-state index contributed by atoms with van der Waals surface area (Å²) in [6, 6.07) is 0. The lowest BCUT2D eigenvalue weighted by Gasteiger charge is -1.91. The van der Waals surface area contributed by atoms with E-state index in [1.165, 1.54) is 6.33 Å². The second-order valence-corrected chi connectivity index (χ2v) is 2.58. The van der Waals surface area contributed by atoms with Gasteiger partial charge in [-0.25, -0.2) is 9.67 Å². The second kappa shape index (κ2) is 5.15. The van der Waals surface area contributed by atoms with Crippen LogP contribution in [0.1, 0.15) is 32.5 Å². The minimum absolute atomic E-state index is 0.690. The largest absolute Gasteiger partial charge is 0.214 e. The van der Waals surface area contributed by atoms with E-state index in [1.54, 1.807) is 11.6 Å². The molecule has 3 heteroatoms. The van der Waals surface area contributed by atoms with Gasteiger partial charge in [0.25, 0.3) is 0 Å². The monoisotopic (exact) mass is 175 g/mol. The molecule has 0 radical (unpaired) electrons. The number of rotatable bonds is 3. The lowest BCUT2D eigenvalue weighted by atomic mass is 10.3. The van der Waals surface area contributed by atoms with E-state index in [0.29, 0.717) is 5.82 Å². The summed E-state index contributed by atoms with van der Waals surface area (Å²) in [5.41, 5.74) is 0. The van der Waals surface area contributed by atoms with Crippen molar-refractivity contribution in [3.63, 3.8) is 0 Å². The molecule has 0 aliphatic rings. The van der Waals surface area contributed by atoms with Crippen molar-refractivity contribution in [2.24, 2.45) is 0 Å². The molecule has 0 saturated heterocycles. The first-order valence-electron chi connectivity index (χ1n) is 4.37. The van der Waals surface area contributed by atoms with Gasteiger partial charge in [-0.3, -0.25) is 0 Å². The molecule has 0 aromatic carbocycles. The van der Waals surface area contributed by atoms with Crippen LogP contribution in [0.15, 0.2) is 12.4 Å². The van der Waals surface area contributed by atoms with Crippen LogP contribution in [0.25, 0.3) is 6.20 Å². The van der Waals surface area contributed by atoms with Crippen LogP contribution in [0.3, 0.4) is 0 Å². The van der Waals surface area contributed by atoms with Gasteiger partial charge < -0.3 is 0 Å². The van der Waals surface area contributed by atoms with Crippen LogP contribution in [0.2, 0.25) is 0 Å². The van der Waals surface area contributed by atoms with Gasteiger partial charge in [0, 0.05) is 6.20 Å². The van der Waals surface area contributed by atoms with Crippen molar-refractivity contribution in [2.45, 2.75) is 26.7 Å². The third kappa shape index (κ3) is 2.75. The van der Waals surface area contributed by atoms with Crippen molar-refractivity contribution in [2.75, 3.05) is 0 Å². The molecule has 0 fully saturated rings. The number of hydrogen-bond donors (Lipinski definition) is 0. The summed E-state index contributed by atoms with van der Waals surface area (Å²) in [5, 5.41) is 4.02. The van der Waals surface area contributed by atoms with E-state index >= 15 is 0 Å². The molecule has 0 aliphatic carbocycles. The molecule has 1 aromatic rings. The predicted octanol–water partition coefficient (Wildman–Crippen LogP) is 1.92. The van der Waals surface area contributed by atoms with E-state index in [0.717, 1.165) is 12.8 Å². The van der Waals surface area contributed by atoms with Gasteiger partial charge in [-0.2, -0.15) is 5.10 Å². The van der Waals surface area contributed by atoms with Crippen LogP contribution >= 0.6 is 0 Å². The van der Waals surface area contributed by atoms with Crippen molar-refractivity contribution in [1.82, 2.24) is 14.8 Å². The van der Waals surface area contributed by atoms with Crippen LogP contribution in [0, 0.1) is 11.8 Å². The number of nitrogens with zero attached hydrogens (tertiary/aromatic N) is 3. The van der Waals surface area contributed by atoms with Crippen LogP contribution < -0.4 is 0 Å². The van der Waals surface area contributed by atoms with Gasteiger partial charge in [-0.15, -0.1) is 0 Å². The maximum Gasteiger partial charge on any atom is 0.207 e. The summed E-state index contributed by atoms with van der Waals surface area (Å²) in [6.07, 6.45) is 7.67. The van der Waals surface area contributed by atoms with Crippen molar-refractivity contribution in [3.8, 4) is 11.8 Å². The van der Waals surface area contributed by atoms with Gasteiger partial charge in [0.1, 0.15) is 6.33 Å². The normalized spacial score (nSPS) is 10.0. The van der Waals surface area contributed by atoms with Crippen molar-refractivity contribution < 1.29 is 0 Å². The van der Waals surface area contributed by atoms with E-state index in [9.17, 15) is 0 Å². The van der Waals surface area contributed by atoms with E-state index in [4.69, 9.17) is 0 Å². The zero-order valence-corrected chi connectivity index (χ0v) is 7.99. The van der Waals surface area contributed by atoms with Crippen LogP contribution in [-0.2, 0) is 0 Å². The Balaban J connectivity index is 2.74. The van der Waals surface area contributed by atoms with Crippen LogP contribution in [0.5, 0.6) is 0 Å². The number of unbranched alkanes of at least 4 members (excludes halogenated alkanes) is 1. The molecule has 3 nitrogen and oxygen atoms in total. The SMILES string of the molecule is CC#Cc1ncnn1/C=C\CCC. The lowest BCUT2D eigenvalue weighted by molar-refractivity contribution is 0.900. The highest BCUT2D eigenvalue weighted by Gasteiger charge is 1.94. The molecule has 13 heavy (non-hydrogen) atoms. The van der Waals surface area contributed by atoms with E-state index < -0.39 is 0 Å². The molecule has 0 amide bonds. The fourth-order valence-corrected chi connectivity index (χ4v) is 0.901. The smallest absolute Gasteiger partial charge is 0.207 e. The van der Waals surface area contributed by atoms with Crippen molar-refractivity contribution in [3.05, 3.63) is 18.2 Å². The Morgan fingerprint density at radius 3 is 3.15 bits per heavy atom. The standard InChI is InChI=1S/C10H13N3/c1-3-5-6-8-13-10(7-4-2)11-9-12-13/h6,8-9H,3,5H2,1-2H3/b8-6-. The average Bonchev–Trinajstić information content (AvgIpc) is 2.54. The molecule has 0 bridgehead atoms. The Labute approximate surface area is 78.5 Å². The average molecular weight is 175 g/mol. The van der Waals surface area contributed by atoms with Crippen LogP contribution in [0.4, 0.5) is 0 Å². The molecule has 0 spiro atoms. The zero-order chi connectivity index (χ0) is 9.52. The first kappa shape index (κ1) is 9.53. The highest BCUT2D eigenvalue weighted by molar-refractivity contribution is 5.29. The molecule has 68 valence electrons. The first-order valence-corrected chi connectivity index (χ1v) is 4.37. The third-order valence-corrected chi connectivity index (χ3v) is 1.51. The fourth-order valence-electron chi connectivity index (χ4n) is 0.901. The van der Waals surface area contributed by atoms with Crippen LogP contribution in [-0.4, -0.2) is 14.8 Å². The summed E-state index contributed by atoms with van der Waals surface area (Å²) < 4.78 is 1.69. The molecule has 0 unspecified atom stereocenters. The van der Waals surface area contributed by atoms with Gasteiger partial charge in [-0.1, -0.05) is 25.3 Å². The molecule has 1 rings (SSSR count). The Kier molecular flexibility index (Phi) is 3.77. The Morgan fingerprint density at radius 2 is 2.46 bits per heavy atom. The lowest BCUT2D eigenvalue weighted by Crippen LogP contribution is -1.92. The summed E-state index contributed by atoms with van der Waals surface area (Å²) in [4.78, 5) is 4.01. The van der Waals surface area contributed by atoms with Crippen molar-refractivity contribution in [1.29, 1.82) is 0 Å². The quantitative estimate of drug-likeness (QED) is 0.657. The molecular weight excluding hydrogens is 162 g/mol. The van der Waals surface area contributed by atoms with Gasteiger partial charge >= 0.3 is 0 Å². The maximum absolute atomic E-state index is 4.02. The summed E-state index contributed by atoms with van der Waals surface area (Å²) in [6.45, 7) is 3.92. The highest BCUT2D eigenvalue weighted by Crippen LogP contribution is 1.95. The molecular formula is C10H13N3. The Bertz CT molecular complexity index is 339. The highest BCUT2D eigenvalue weighted by atomic mass is 15.3. The molecule has 0 N–H and O–H groups in total. The first-order chi connectivity index (χ1) is 6.38. The molecule has 0 atom stereocenters. The van der Waals surface area contributed by atoms with E-state index in [-0.39, 0.29) is 0 Å². The number of hydrogen-bond acceptors (Lipinski definition) is 2. The summed E-state index contributed by atoms with van der Waals surface area (Å²) >= 11 is 0. The van der Waals surface area contributed by atoms with Gasteiger partial charge in [-0.05, 0) is 19.3 Å². The van der Waals surface area contributed by atoms with Gasteiger partial charge in [0.15, 0.2) is 0 Å². The number of allylic oxidation sites excluding steroid dienone is 1. The molecule has 1 aromatic heterocycles. The van der Waals surface area contributed by atoms with Gasteiger partial charge in [0.05, 0.1) is 0 Å². The molecule has 1 heterocycles. The topological polar surface area (TPSA) is 30.7 Å². The van der Waals surface area contributed by atoms with E-state index in [2.05, 4.69) is 34.9 Å². The van der Waals surface area contributed by atoms with Crippen molar-refractivity contribution >= 4 is 6.20 Å². The maximum atomic E-state index is 4.02. The molecule has 0 aliphatic heterocycles. The fraction of sp³-hybridized carbons (Fsp3) is 0.400. The minimum Gasteiger partial charge on any atom is -0.214 e. The second-order valence-electron chi connectivity index (χ2n) is 2.58. The minimum atomic E-state index is 0.690. The summed E-state index contributed by atoms with van der Waals surface area (Å²) in [7, 11) is 0. The van der Waals surface area contributed by atoms with E-state index in [1.807, 2.05) is 6.20 Å². The summed E-state index contributed by atoms with van der Waals surface area (Å²) in [5.74, 6) is 6.35. The third-order valence-electron chi connectivity index (χ3n) is 1.51. The zero-order valence-electron chi connectivity index (χ0n) is 7.99. The molecule has 0 saturated carbocycles. The predicted molar refractivity (Wildman–Crippen MR) is 52.8 cm³/mol.